The number of hydrogen-bond donors (Lipinski definition) is 1. The first-order chi connectivity index (χ1) is 8.84. The first kappa shape index (κ1) is 14.0. The van der Waals surface area contributed by atoms with E-state index in [2.05, 4.69) is 4.98 Å². The summed E-state index contributed by atoms with van der Waals surface area (Å²) in [6.07, 6.45) is 2.38. The van der Waals surface area contributed by atoms with Crippen LogP contribution in [0.25, 0.3) is 0 Å². The number of thiazole rings is 1. The van der Waals surface area contributed by atoms with E-state index in [9.17, 15) is 14.7 Å². The van der Waals surface area contributed by atoms with Gasteiger partial charge >= 0.3 is 5.97 Å². The Morgan fingerprint density at radius 1 is 1.58 bits per heavy atom. The lowest BCUT2D eigenvalue weighted by atomic mass is 9.98. The van der Waals surface area contributed by atoms with Crippen molar-refractivity contribution in [3.8, 4) is 0 Å². The van der Waals surface area contributed by atoms with Gasteiger partial charge in [-0.2, -0.15) is 0 Å². The third-order valence-electron chi connectivity index (χ3n) is 3.07. The second-order valence-corrected chi connectivity index (χ2v) is 6.71. The van der Waals surface area contributed by atoms with E-state index in [1.54, 1.807) is 5.38 Å². The molecule has 0 saturated heterocycles. The van der Waals surface area contributed by atoms with Crippen LogP contribution in [0, 0.1) is 0 Å². The van der Waals surface area contributed by atoms with E-state index in [-0.39, 0.29) is 11.5 Å². The highest BCUT2D eigenvalue weighted by atomic mass is 32.1. The largest absolute Gasteiger partial charge is 0.479 e. The number of aromatic nitrogens is 1. The van der Waals surface area contributed by atoms with Gasteiger partial charge in [0.15, 0.2) is 6.04 Å². The van der Waals surface area contributed by atoms with Crippen molar-refractivity contribution in [1.82, 2.24) is 9.88 Å². The third-order valence-corrected chi connectivity index (χ3v) is 4.35. The average molecular weight is 282 g/mol. The second-order valence-electron chi connectivity index (χ2n) is 5.85. The van der Waals surface area contributed by atoms with Gasteiger partial charge in [0.25, 0.3) is 0 Å². The fourth-order valence-corrected chi connectivity index (χ4v) is 2.82. The minimum absolute atomic E-state index is 0.0541. The maximum Gasteiger partial charge on any atom is 0.332 e. The van der Waals surface area contributed by atoms with Crippen LogP contribution in [0.1, 0.15) is 50.4 Å². The number of carboxylic acids is 1. The van der Waals surface area contributed by atoms with Crippen molar-refractivity contribution in [2.45, 2.75) is 51.1 Å². The van der Waals surface area contributed by atoms with Gasteiger partial charge in [0.05, 0.1) is 10.7 Å². The highest BCUT2D eigenvalue weighted by Gasteiger charge is 2.39. The molecule has 1 unspecified atom stereocenters. The van der Waals surface area contributed by atoms with Crippen LogP contribution in [-0.2, 0) is 15.0 Å². The van der Waals surface area contributed by atoms with Crippen molar-refractivity contribution in [3.05, 3.63) is 16.1 Å². The van der Waals surface area contributed by atoms with Crippen molar-refractivity contribution in [3.63, 3.8) is 0 Å². The zero-order chi connectivity index (χ0) is 14.2. The fraction of sp³-hybridized carbons (Fsp3) is 0.615. The van der Waals surface area contributed by atoms with E-state index in [0.717, 1.165) is 17.8 Å². The van der Waals surface area contributed by atoms with Crippen molar-refractivity contribution in [2.75, 3.05) is 0 Å². The summed E-state index contributed by atoms with van der Waals surface area (Å²) >= 11 is 1.45. The van der Waals surface area contributed by atoms with E-state index < -0.39 is 12.0 Å². The Kier molecular flexibility index (Phi) is 3.62. The molecule has 1 amide bonds. The van der Waals surface area contributed by atoms with Crippen molar-refractivity contribution < 1.29 is 14.7 Å². The van der Waals surface area contributed by atoms with Gasteiger partial charge in [0.1, 0.15) is 0 Å². The third kappa shape index (κ3) is 2.94. The van der Waals surface area contributed by atoms with Gasteiger partial charge in [-0.3, -0.25) is 4.79 Å². The summed E-state index contributed by atoms with van der Waals surface area (Å²) in [5.41, 5.74) is 0.346. The lowest BCUT2D eigenvalue weighted by Crippen LogP contribution is -2.35. The van der Waals surface area contributed by atoms with Crippen LogP contribution >= 0.6 is 11.3 Å². The Morgan fingerprint density at radius 3 is 2.58 bits per heavy atom. The van der Waals surface area contributed by atoms with Gasteiger partial charge in [0.2, 0.25) is 6.41 Å². The van der Waals surface area contributed by atoms with E-state index in [0.29, 0.717) is 12.1 Å². The van der Waals surface area contributed by atoms with Crippen LogP contribution in [0.4, 0.5) is 0 Å². The Hall–Kier alpha value is -1.43. The molecule has 1 saturated carbocycles. The number of carboxylic acid groups (broad SMARTS) is 1. The summed E-state index contributed by atoms with van der Waals surface area (Å²) in [4.78, 5) is 28.4. The molecule has 1 fully saturated rings. The van der Waals surface area contributed by atoms with Crippen LogP contribution in [0.3, 0.4) is 0 Å². The second kappa shape index (κ2) is 4.92. The smallest absolute Gasteiger partial charge is 0.332 e. The van der Waals surface area contributed by atoms with Crippen LogP contribution in [0.2, 0.25) is 0 Å². The van der Waals surface area contributed by atoms with E-state index in [1.165, 1.54) is 16.2 Å². The molecule has 1 aliphatic carbocycles. The maximum absolute atomic E-state index is 11.5. The molecule has 0 bridgehead atoms. The molecule has 5 nitrogen and oxygen atoms in total. The van der Waals surface area contributed by atoms with Gasteiger partial charge in [-0.15, -0.1) is 11.3 Å². The molecule has 1 aromatic rings. The lowest BCUT2D eigenvalue weighted by molar-refractivity contribution is -0.147. The normalized spacial score (nSPS) is 17.0. The van der Waals surface area contributed by atoms with Gasteiger partial charge in [-0.1, -0.05) is 20.8 Å². The zero-order valence-electron chi connectivity index (χ0n) is 11.3. The van der Waals surface area contributed by atoms with E-state index in [1.807, 2.05) is 20.8 Å². The molecular formula is C13H18N2O3S. The van der Waals surface area contributed by atoms with Crippen molar-refractivity contribution in [2.24, 2.45) is 0 Å². The number of aliphatic carboxylic acids is 1. The Balaban J connectivity index is 2.31. The van der Waals surface area contributed by atoms with Crippen molar-refractivity contribution in [1.29, 1.82) is 0 Å². The first-order valence-corrected chi connectivity index (χ1v) is 7.14. The molecule has 6 heteroatoms. The first-order valence-electron chi connectivity index (χ1n) is 6.26. The van der Waals surface area contributed by atoms with Gasteiger partial charge < -0.3 is 10.0 Å². The standard InChI is InChI=1S/C13H18N2O3S/c1-13(2,3)12-14-9(6-19-12)10(11(17)18)15(7-16)8-4-5-8/h6-8,10H,4-5H2,1-3H3,(H,17,18). The summed E-state index contributed by atoms with van der Waals surface area (Å²) < 4.78 is 0. The number of nitrogens with zero attached hydrogens (tertiary/aromatic N) is 2. The van der Waals surface area contributed by atoms with Crippen LogP contribution in [0.15, 0.2) is 5.38 Å². The highest BCUT2D eigenvalue weighted by Crippen LogP contribution is 2.35. The molecule has 1 aliphatic rings. The molecule has 0 radical (unpaired) electrons. The molecule has 1 N–H and O–H groups in total. The Labute approximate surface area is 116 Å². The van der Waals surface area contributed by atoms with Crippen LogP contribution in [0.5, 0.6) is 0 Å². The molecule has 1 atom stereocenters. The van der Waals surface area contributed by atoms with Crippen LogP contribution in [-0.4, -0.2) is 33.4 Å². The summed E-state index contributed by atoms with van der Waals surface area (Å²) in [5, 5.41) is 12.0. The summed E-state index contributed by atoms with van der Waals surface area (Å²) in [6.45, 7) is 6.09. The SMILES string of the molecule is CC(C)(C)c1nc(C(C(=O)O)N(C=O)C2CC2)cs1. The lowest BCUT2D eigenvalue weighted by Gasteiger charge is -2.23. The van der Waals surface area contributed by atoms with Gasteiger partial charge in [0, 0.05) is 16.8 Å². The highest BCUT2D eigenvalue weighted by molar-refractivity contribution is 7.09. The molecule has 0 spiro atoms. The van der Waals surface area contributed by atoms with E-state index in [4.69, 9.17) is 0 Å². The number of rotatable bonds is 5. The zero-order valence-corrected chi connectivity index (χ0v) is 12.1. The fourth-order valence-electron chi connectivity index (χ4n) is 1.89. The summed E-state index contributed by atoms with van der Waals surface area (Å²) in [7, 11) is 0. The van der Waals surface area contributed by atoms with Gasteiger partial charge in [-0.05, 0) is 12.8 Å². The summed E-state index contributed by atoms with van der Waals surface area (Å²) in [5.74, 6) is -1.02. The van der Waals surface area contributed by atoms with Crippen molar-refractivity contribution >= 4 is 23.7 Å². The average Bonchev–Trinajstić information content (AvgIpc) is 3.01. The number of amides is 1. The monoisotopic (exact) mass is 282 g/mol. The minimum atomic E-state index is -1.02. The quantitative estimate of drug-likeness (QED) is 0.840. The molecule has 1 heterocycles. The molecule has 0 aromatic carbocycles. The molecule has 104 valence electrons. The molecular weight excluding hydrogens is 264 g/mol. The summed E-state index contributed by atoms with van der Waals surface area (Å²) in [6, 6.07) is -0.907. The predicted molar refractivity (Wildman–Crippen MR) is 72.1 cm³/mol. The maximum atomic E-state index is 11.5. The Bertz CT molecular complexity index is 488. The molecule has 1 aromatic heterocycles. The predicted octanol–water partition coefficient (Wildman–Crippen LogP) is 2.19. The minimum Gasteiger partial charge on any atom is -0.479 e. The van der Waals surface area contributed by atoms with Crippen LogP contribution < -0.4 is 0 Å². The number of carbonyl (C=O) groups excluding carboxylic acids is 1. The molecule has 0 aliphatic heterocycles. The molecule has 2 rings (SSSR count). The van der Waals surface area contributed by atoms with Gasteiger partial charge in [-0.25, -0.2) is 9.78 Å². The topological polar surface area (TPSA) is 70.5 Å². The Morgan fingerprint density at radius 2 is 2.21 bits per heavy atom. The van der Waals surface area contributed by atoms with E-state index >= 15 is 0 Å². The number of carbonyl (C=O) groups is 2. The number of hydrogen-bond acceptors (Lipinski definition) is 4. The molecule has 19 heavy (non-hydrogen) atoms.